The Balaban J connectivity index is 2.41. The van der Waals surface area contributed by atoms with Gasteiger partial charge in [-0.3, -0.25) is 5.10 Å². The Bertz CT molecular complexity index is 638. The molecule has 2 rings (SSSR count). The average Bonchev–Trinajstić information content (AvgIpc) is 2.83. The van der Waals surface area contributed by atoms with Gasteiger partial charge >= 0.3 is 5.97 Å². The van der Waals surface area contributed by atoms with Crippen LogP contribution in [0.1, 0.15) is 36.5 Å². The van der Waals surface area contributed by atoms with E-state index in [4.69, 9.17) is 9.84 Å². The van der Waals surface area contributed by atoms with Gasteiger partial charge in [0.2, 0.25) is 10.0 Å². The predicted molar refractivity (Wildman–Crippen MR) is 69.0 cm³/mol. The molecule has 1 saturated heterocycles. The first-order valence-corrected chi connectivity index (χ1v) is 7.59. The van der Waals surface area contributed by atoms with Gasteiger partial charge in [-0.15, -0.1) is 0 Å². The van der Waals surface area contributed by atoms with E-state index in [1.54, 1.807) is 13.8 Å². The summed E-state index contributed by atoms with van der Waals surface area (Å²) in [5.74, 6) is -1.39. The number of H-pyrrole nitrogens is 1. The molecule has 8 nitrogen and oxygen atoms in total. The van der Waals surface area contributed by atoms with Crippen LogP contribution in [0.4, 0.5) is 0 Å². The highest BCUT2D eigenvalue weighted by molar-refractivity contribution is 7.89. The molecule has 0 radical (unpaired) electrons. The number of nitrogens with zero attached hydrogens (tertiary/aromatic N) is 1. The Morgan fingerprint density at radius 3 is 2.75 bits per heavy atom. The number of aromatic carboxylic acids is 1. The largest absolute Gasteiger partial charge is 0.476 e. The summed E-state index contributed by atoms with van der Waals surface area (Å²) >= 11 is 0. The monoisotopic (exact) mass is 303 g/mol. The van der Waals surface area contributed by atoms with Crippen LogP contribution in [0.5, 0.6) is 0 Å². The van der Waals surface area contributed by atoms with Crippen molar-refractivity contribution in [3.8, 4) is 0 Å². The van der Waals surface area contributed by atoms with Crippen molar-refractivity contribution in [1.82, 2.24) is 14.9 Å². The molecule has 3 N–H and O–H groups in total. The number of aromatic amines is 1. The van der Waals surface area contributed by atoms with Crippen LogP contribution < -0.4 is 4.72 Å². The fraction of sp³-hybridized carbons (Fsp3) is 0.636. The third kappa shape index (κ3) is 2.43. The zero-order chi connectivity index (χ0) is 15.1. The number of hydrogen-bond donors (Lipinski definition) is 3. The molecule has 0 bridgehead atoms. The van der Waals surface area contributed by atoms with Gasteiger partial charge in [0.15, 0.2) is 5.69 Å². The number of rotatable bonds is 4. The van der Waals surface area contributed by atoms with Crippen molar-refractivity contribution in [3.63, 3.8) is 0 Å². The predicted octanol–water partition coefficient (Wildman–Crippen LogP) is 0.262. The Morgan fingerprint density at radius 1 is 1.60 bits per heavy atom. The van der Waals surface area contributed by atoms with Crippen molar-refractivity contribution in [2.45, 2.75) is 43.7 Å². The summed E-state index contributed by atoms with van der Waals surface area (Å²) in [6.45, 7) is 5.43. The van der Waals surface area contributed by atoms with E-state index in [1.807, 2.05) is 0 Å². The molecule has 0 saturated carbocycles. The van der Waals surface area contributed by atoms with E-state index in [-0.39, 0.29) is 16.7 Å². The maximum atomic E-state index is 12.5. The van der Waals surface area contributed by atoms with Crippen LogP contribution in [-0.2, 0) is 14.8 Å². The Labute approximate surface area is 116 Å². The number of ether oxygens (including phenoxy) is 1. The van der Waals surface area contributed by atoms with Crippen molar-refractivity contribution < 1.29 is 23.1 Å². The maximum absolute atomic E-state index is 12.5. The van der Waals surface area contributed by atoms with Gasteiger partial charge in [-0.05, 0) is 27.2 Å². The molecule has 0 aromatic carbocycles. The lowest BCUT2D eigenvalue weighted by Crippen LogP contribution is -2.50. The van der Waals surface area contributed by atoms with Crippen LogP contribution in [0.3, 0.4) is 0 Å². The first-order chi connectivity index (χ1) is 9.17. The fourth-order valence-corrected chi connectivity index (χ4v) is 4.04. The molecular formula is C11H17N3O5S. The molecule has 9 heteroatoms. The lowest BCUT2D eigenvalue weighted by molar-refractivity contribution is 0.0686. The number of aryl methyl sites for hydroxylation is 1. The number of hydrogen-bond acceptors (Lipinski definition) is 5. The summed E-state index contributed by atoms with van der Waals surface area (Å²) in [4.78, 5) is 10.7. The summed E-state index contributed by atoms with van der Waals surface area (Å²) in [6, 6.07) is 0. The van der Waals surface area contributed by atoms with E-state index in [1.165, 1.54) is 6.92 Å². The second-order valence-electron chi connectivity index (χ2n) is 5.12. The molecule has 1 fully saturated rings. The molecule has 0 spiro atoms. The molecule has 2 atom stereocenters. The lowest BCUT2D eigenvalue weighted by atomic mass is 9.97. The van der Waals surface area contributed by atoms with Gasteiger partial charge in [0, 0.05) is 6.61 Å². The van der Waals surface area contributed by atoms with Gasteiger partial charge < -0.3 is 9.84 Å². The van der Waals surface area contributed by atoms with Crippen molar-refractivity contribution in [2.24, 2.45) is 0 Å². The van der Waals surface area contributed by atoms with Gasteiger partial charge in [0.1, 0.15) is 4.90 Å². The summed E-state index contributed by atoms with van der Waals surface area (Å²) in [5, 5.41) is 14.9. The van der Waals surface area contributed by atoms with E-state index in [0.717, 1.165) is 0 Å². The molecule has 1 aromatic heterocycles. The van der Waals surface area contributed by atoms with Gasteiger partial charge in [-0.2, -0.15) is 5.10 Å². The fourth-order valence-electron chi connectivity index (χ4n) is 2.22. The standard InChI is InChI=1S/C11H17N3O5S/c1-6-9(8(10(15)16)13-12-6)20(17,18)14-11(3)4-5-19-7(11)2/h7,14H,4-5H2,1-3H3,(H,12,13)(H,15,16). The average molecular weight is 303 g/mol. The zero-order valence-electron chi connectivity index (χ0n) is 11.4. The number of carboxylic acids is 1. The second kappa shape index (κ2) is 4.83. The first-order valence-electron chi connectivity index (χ1n) is 6.11. The highest BCUT2D eigenvalue weighted by Gasteiger charge is 2.42. The Morgan fingerprint density at radius 2 is 2.25 bits per heavy atom. The number of sulfonamides is 1. The molecule has 112 valence electrons. The first kappa shape index (κ1) is 14.9. The van der Waals surface area contributed by atoms with Crippen molar-refractivity contribution in [1.29, 1.82) is 0 Å². The molecule has 1 aliphatic rings. The molecule has 0 aliphatic carbocycles. The third-order valence-corrected chi connectivity index (χ3v) is 5.39. The molecule has 0 amide bonds. The Hall–Kier alpha value is -1.45. The molecular weight excluding hydrogens is 286 g/mol. The van der Waals surface area contributed by atoms with Crippen LogP contribution in [0.25, 0.3) is 0 Å². The van der Waals surface area contributed by atoms with Crippen LogP contribution in [0.2, 0.25) is 0 Å². The minimum absolute atomic E-state index is 0.185. The molecule has 1 aromatic rings. The van der Waals surface area contributed by atoms with Gasteiger partial charge in [0.25, 0.3) is 0 Å². The summed E-state index contributed by atoms with van der Waals surface area (Å²) in [6.07, 6.45) is 0.227. The van der Waals surface area contributed by atoms with Gasteiger partial charge in [-0.1, -0.05) is 0 Å². The van der Waals surface area contributed by atoms with Gasteiger partial charge in [-0.25, -0.2) is 17.9 Å². The minimum atomic E-state index is -4.00. The summed E-state index contributed by atoms with van der Waals surface area (Å²) < 4.78 is 32.8. The van der Waals surface area contributed by atoms with E-state index in [0.29, 0.717) is 13.0 Å². The van der Waals surface area contributed by atoms with Crippen molar-refractivity contribution in [3.05, 3.63) is 11.4 Å². The number of aromatic nitrogens is 2. The van der Waals surface area contributed by atoms with Crippen molar-refractivity contribution in [2.75, 3.05) is 6.61 Å². The van der Waals surface area contributed by atoms with Crippen molar-refractivity contribution >= 4 is 16.0 Å². The van der Waals surface area contributed by atoms with Gasteiger partial charge in [0.05, 0.1) is 17.3 Å². The minimum Gasteiger partial charge on any atom is -0.476 e. The summed E-state index contributed by atoms with van der Waals surface area (Å²) in [5.41, 5.74) is -1.09. The van der Waals surface area contributed by atoms with Crippen LogP contribution in [0, 0.1) is 6.92 Å². The van der Waals surface area contributed by atoms with Crippen LogP contribution in [-0.4, -0.2) is 47.9 Å². The summed E-state index contributed by atoms with van der Waals surface area (Å²) in [7, 11) is -4.00. The molecule has 1 aliphatic heterocycles. The lowest BCUT2D eigenvalue weighted by Gasteiger charge is -2.28. The van der Waals surface area contributed by atoms with E-state index >= 15 is 0 Å². The highest BCUT2D eigenvalue weighted by atomic mass is 32.2. The topological polar surface area (TPSA) is 121 Å². The number of nitrogens with one attached hydrogen (secondary N) is 2. The van der Waals surface area contributed by atoms with E-state index in [2.05, 4.69) is 14.9 Å². The third-order valence-electron chi connectivity index (χ3n) is 3.62. The Kier molecular flexibility index (Phi) is 3.61. The quantitative estimate of drug-likeness (QED) is 0.733. The zero-order valence-corrected chi connectivity index (χ0v) is 12.2. The van der Waals surface area contributed by atoms with E-state index < -0.39 is 27.2 Å². The number of carboxylic acid groups (broad SMARTS) is 1. The van der Waals surface area contributed by atoms with E-state index in [9.17, 15) is 13.2 Å². The highest BCUT2D eigenvalue weighted by Crippen LogP contribution is 2.28. The molecule has 2 heterocycles. The SMILES string of the molecule is Cc1[nH]nc(C(=O)O)c1S(=O)(=O)NC1(C)CCOC1C. The van der Waals surface area contributed by atoms with Crippen LogP contribution in [0.15, 0.2) is 4.90 Å². The molecule has 20 heavy (non-hydrogen) atoms. The normalized spacial score (nSPS) is 26.9. The number of carbonyl (C=O) groups is 1. The second-order valence-corrected chi connectivity index (χ2v) is 6.74. The maximum Gasteiger partial charge on any atom is 0.357 e. The smallest absolute Gasteiger partial charge is 0.357 e. The molecule has 2 unspecified atom stereocenters. The van der Waals surface area contributed by atoms with Crippen LogP contribution >= 0.6 is 0 Å².